The van der Waals surface area contributed by atoms with E-state index < -0.39 is 0 Å². The molecule has 0 heterocycles. The van der Waals surface area contributed by atoms with Crippen molar-refractivity contribution in [2.24, 2.45) is 5.92 Å². The van der Waals surface area contributed by atoms with Crippen molar-refractivity contribution in [1.82, 2.24) is 5.32 Å². The van der Waals surface area contributed by atoms with Crippen molar-refractivity contribution in [3.05, 3.63) is 22.8 Å². The second kappa shape index (κ2) is 5.46. The maximum Gasteiger partial charge on any atom is 0.0212 e. The smallest absolute Gasteiger partial charge is 0.0212 e. The second-order valence-electron chi connectivity index (χ2n) is 3.69. The lowest BCUT2D eigenvalue weighted by molar-refractivity contribution is 0.640. The minimum Gasteiger partial charge on any atom is -0.320 e. The van der Waals surface area contributed by atoms with Crippen LogP contribution in [0.15, 0.2) is 22.8 Å². The van der Waals surface area contributed by atoms with Gasteiger partial charge in [0, 0.05) is 5.03 Å². The fourth-order valence-corrected chi connectivity index (χ4v) is 1.74. The van der Waals surface area contributed by atoms with Crippen molar-refractivity contribution in [2.45, 2.75) is 26.2 Å². The Labute approximate surface area is 85.9 Å². The van der Waals surface area contributed by atoms with Crippen LogP contribution in [0.3, 0.4) is 0 Å². The van der Waals surface area contributed by atoms with E-state index in [4.69, 9.17) is 11.6 Å². The fraction of sp³-hybridized carbons (Fsp3) is 0.636. The van der Waals surface area contributed by atoms with Gasteiger partial charge in [-0.25, -0.2) is 0 Å². The summed E-state index contributed by atoms with van der Waals surface area (Å²) in [6.45, 7) is 3.28. The molecule has 13 heavy (non-hydrogen) atoms. The Morgan fingerprint density at radius 3 is 2.92 bits per heavy atom. The van der Waals surface area contributed by atoms with E-state index >= 15 is 0 Å². The van der Waals surface area contributed by atoms with Crippen LogP contribution in [0, 0.1) is 5.92 Å². The normalized spacial score (nSPS) is 22.5. The summed E-state index contributed by atoms with van der Waals surface area (Å²) in [5.74, 6) is 0.524. The molecular weight excluding hydrogens is 182 g/mol. The third-order valence-corrected chi connectivity index (χ3v) is 2.94. The van der Waals surface area contributed by atoms with Gasteiger partial charge < -0.3 is 5.32 Å². The van der Waals surface area contributed by atoms with E-state index in [0.29, 0.717) is 5.92 Å². The highest BCUT2D eigenvalue weighted by Crippen LogP contribution is 2.29. The lowest BCUT2D eigenvalue weighted by atomic mass is 9.93. The number of hydrogen-bond donors (Lipinski definition) is 1. The molecule has 1 aliphatic carbocycles. The lowest BCUT2D eigenvalue weighted by Gasteiger charge is -2.17. The molecule has 0 radical (unpaired) electrons. The number of nitrogens with one attached hydrogen (secondary N) is 1. The highest BCUT2D eigenvalue weighted by Gasteiger charge is 2.12. The monoisotopic (exact) mass is 199 g/mol. The van der Waals surface area contributed by atoms with Crippen LogP contribution in [0.25, 0.3) is 0 Å². The van der Waals surface area contributed by atoms with E-state index in [1.165, 1.54) is 18.4 Å². The van der Waals surface area contributed by atoms with Gasteiger partial charge in [0.15, 0.2) is 0 Å². The first-order chi connectivity index (χ1) is 6.24. The molecular formula is C11H18ClN. The van der Waals surface area contributed by atoms with Crippen LogP contribution in [0.5, 0.6) is 0 Å². The average molecular weight is 200 g/mol. The number of allylic oxidation sites excluding steroid dienone is 4. The predicted molar refractivity (Wildman–Crippen MR) is 59.0 cm³/mol. The highest BCUT2D eigenvalue weighted by molar-refractivity contribution is 6.30. The molecule has 0 spiro atoms. The molecule has 0 saturated heterocycles. The topological polar surface area (TPSA) is 12.0 Å². The number of halogens is 1. The van der Waals surface area contributed by atoms with Gasteiger partial charge in [-0.3, -0.25) is 0 Å². The molecule has 0 fully saturated rings. The Bertz CT molecular complexity index is 218. The molecule has 1 aliphatic rings. The van der Waals surface area contributed by atoms with Crippen molar-refractivity contribution in [1.29, 1.82) is 0 Å². The maximum atomic E-state index is 6.00. The first-order valence-corrected chi connectivity index (χ1v) is 5.31. The minimum atomic E-state index is 0.524. The minimum absolute atomic E-state index is 0.524. The van der Waals surface area contributed by atoms with Gasteiger partial charge in [-0.05, 0) is 44.8 Å². The van der Waals surface area contributed by atoms with Gasteiger partial charge in [0.05, 0.1) is 0 Å². The first kappa shape index (κ1) is 10.8. The van der Waals surface area contributed by atoms with Crippen molar-refractivity contribution >= 4 is 11.6 Å². The summed E-state index contributed by atoms with van der Waals surface area (Å²) in [5, 5.41) is 4.16. The van der Waals surface area contributed by atoms with Crippen molar-refractivity contribution in [2.75, 3.05) is 13.6 Å². The second-order valence-corrected chi connectivity index (χ2v) is 4.13. The van der Waals surface area contributed by atoms with Crippen molar-refractivity contribution in [3.63, 3.8) is 0 Å². The maximum absolute atomic E-state index is 6.00. The molecule has 1 nitrogen and oxygen atoms in total. The summed E-state index contributed by atoms with van der Waals surface area (Å²) < 4.78 is 0. The van der Waals surface area contributed by atoms with Crippen molar-refractivity contribution < 1.29 is 0 Å². The third kappa shape index (κ3) is 3.53. The molecule has 1 atom stereocenters. The molecule has 0 amide bonds. The van der Waals surface area contributed by atoms with Crippen molar-refractivity contribution in [3.8, 4) is 0 Å². The molecule has 0 bridgehead atoms. The van der Waals surface area contributed by atoms with Gasteiger partial charge in [0.25, 0.3) is 0 Å². The standard InChI is InChI=1S/C11H18ClN/c1-9-8-10(4-3-7-13-2)5-6-11(9)12/h5-6,9,13H,3-4,7-8H2,1-2H3. The van der Waals surface area contributed by atoms with Gasteiger partial charge in [-0.15, -0.1) is 0 Å². The number of rotatable bonds is 4. The van der Waals surface area contributed by atoms with Crippen LogP contribution >= 0.6 is 11.6 Å². The molecule has 0 aromatic carbocycles. The molecule has 0 saturated carbocycles. The molecule has 1 rings (SSSR count). The van der Waals surface area contributed by atoms with Gasteiger partial charge in [-0.2, -0.15) is 0 Å². The molecule has 0 aromatic rings. The SMILES string of the molecule is CNCCCC1=CC=C(Cl)C(C)C1. The Hall–Kier alpha value is -0.270. The van der Waals surface area contributed by atoms with Crippen LogP contribution in [0.4, 0.5) is 0 Å². The molecule has 2 heteroatoms. The lowest BCUT2D eigenvalue weighted by Crippen LogP contribution is -2.09. The zero-order chi connectivity index (χ0) is 9.68. The molecule has 74 valence electrons. The Kier molecular flexibility index (Phi) is 4.54. The van der Waals surface area contributed by atoms with Crippen LogP contribution in [0.1, 0.15) is 26.2 Å². The van der Waals surface area contributed by atoms with Crippen LogP contribution in [-0.2, 0) is 0 Å². The summed E-state index contributed by atoms with van der Waals surface area (Å²) in [7, 11) is 1.99. The van der Waals surface area contributed by atoms with E-state index in [1.54, 1.807) is 0 Å². The number of hydrogen-bond acceptors (Lipinski definition) is 1. The summed E-state index contributed by atoms with van der Waals surface area (Å²) in [5.41, 5.74) is 1.53. The quantitative estimate of drug-likeness (QED) is 0.687. The molecule has 0 aliphatic heterocycles. The summed E-state index contributed by atoms with van der Waals surface area (Å²) >= 11 is 6.00. The van der Waals surface area contributed by atoms with Gasteiger partial charge in [0.2, 0.25) is 0 Å². The zero-order valence-corrected chi connectivity index (χ0v) is 9.19. The summed E-state index contributed by atoms with van der Waals surface area (Å²) in [6, 6.07) is 0. The van der Waals surface area contributed by atoms with E-state index in [-0.39, 0.29) is 0 Å². The van der Waals surface area contributed by atoms with E-state index in [1.807, 2.05) is 13.1 Å². The van der Waals surface area contributed by atoms with Gasteiger partial charge >= 0.3 is 0 Å². The molecule has 1 N–H and O–H groups in total. The zero-order valence-electron chi connectivity index (χ0n) is 8.44. The van der Waals surface area contributed by atoms with Gasteiger partial charge in [0.1, 0.15) is 0 Å². The Balaban J connectivity index is 2.35. The van der Waals surface area contributed by atoms with E-state index in [0.717, 1.165) is 18.0 Å². The highest BCUT2D eigenvalue weighted by atomic mass is 35.5. The van der Waals surface area contributed by atoms with Crippen LogP contribution in [0.2, 0.25) is 0 Å². The Morgan fingerprint density at radius 1 is 1.54 bits per heavy atom. The summed E-state index contributed by atoms with van der Waals surface area (Å²) in [6.07, 6.45) is 7.79. The predicted octanol–water partition coefficient (Wildman–Crippen LogP) is 3.07. The molecule has 0 aromatic heterocycles. The van der Waals surface area contributed by atoms with Crippen LogP contribution in [-0.4, -0.2) is 13.6 Å². The Morgan fingerprint density at radius 2 is 2.31 bits per heavy atom. The fourth-order valence-electron chi connectivity index (χ4n) is 1.60. The largest absolute Gasteiger partial charge is 0.320 e. The summed E-state index contributed by atoms with van der Waals surface area (Å²) in [4.78, 5) is 0. The van der Waals surface area contributed by atoms with E-state index in [9.17, 15) is 0 Å². The first-order valence-electron chi connectivity index (χ1n) is 4.93. The van der Waals surface area contributed by atoms with Gasteiger partial charge in [-0.1, -0.05) is 30.2 Å². The third-order valence-electron chi connectivity index (χ3n) is 2.44. The van der Waals surface area contributed by atoms with E-state index in [2.05, 4.69) is 18.3 Å². The van der Waals surface area contributed by atoms with Crippen LogP contribution < -0.4 is 5.32 Å². The average Bonchev–Trinajstić information content (AvgIpc) is 2.12. The molecule has 1 unspecified atom stereocenters.